The van der Waals surface area contributed by atoms with Crippen molar-refractivity contribution in [3.63, 3.8) is 0 Å². The summed E-state index contributed by atoms with van der Waals surface area (Å²) in [4.78, 5) is 0. The van der Waals surface area contributed by atoms with E-state index in [4.69, 9.17) is 0 Å². The van der Waals surface area contributed by atoms with Crippen LogP contribution < -0.4 is 5.32 Å². The Balaban J connectivity index is 1.89. The van der Waals surface area contributed by atoms with E-state index >= 15 is 0 Å². The zero-order valence-electron chi connectivity index (χ0n) is 9.97. The molecular weight excluding hydrogens is 170 g/mol. The molecule has 2 bridgehead atoms. The molecule has 1 nitrogen and oxygen atoms in total. The first-order valence-corrected chi connectivity index (χ1v) is 6.30. The third-order valence-corrected chi connectivity index (χ3v) is 3.76. The largest absolute Gasteiger partial charge is 0.309 e. The minimum Gasteiger partial charge on any atom is -0.309 e. The van der Waals surface area contributed by atoms with Crippen LogP contribution in [0.5, 0.6) is 0 Å². The van der Waals surface area contributed by atoms with E-state index in [0.29, 0.717) is 5.54 Å². The Kier molecular flexibility index (Phi) is 2.88. The van der Waals surface area contributed by atoms with Crippen molar-refractivity contribution in [2.24, 2.45) is 11.8 Å². The summed E-state index contributed by atoms with van der Waals surface area (Å²) < 4.78 is 0. The molecule has 1 heteroatoms. The van der Waals surface area contributed by atoms with Crippen molar-refractivity contribution in [3.05, 3.63) is 0 Å². The molecule has 0 aromatic rings. The molecule has 0 aromatic carbocycles. The number of nitrogens with one attached hydrogen (secondary N) is 1. The lowest BCUT2D eigenvalue weighted by atomic mass is 9.70. The maximum absolute atomic E-state index is 3.79. The van der Waals surface area contributed by atoms with Gasteiger partial charge in [0.05, 0.1) is 0 Å². The maximum atomic E-state index is 3.79. The molecule has 2 aliphatic carbocycles. The molecule has 2 saturated carbocycles. The summed E-state index contributed by atoms with van der Waals surface area (Å²) in [5, 5.41) is 3.79. The summed E-state index contributed by atoms with van der Waals surface area (Å²) in [6.07, 6.45) is 8.90. The average molecular weight is 195 g/mol. The first kappa shape index (κ1) is 10.5. The van der Waals surface area contributed by atoms with Crippen LogP contribution in [-0.4, -0.2) is 11.6 Å². The molecule has 0 amide bonds. The molecule has 0 saturated heterocycles. The van der Waals surface area contributed by atoms with Gasteiger partial charge in [0.15, 0.2) is 0 Å². The fourth-order valence-electron chi connectivity index (χ4n) is 3.46. The van der Waals surface area contributed by atoms with E-state index in [-0.39, 0.29) is 0 Å². The first-order valence-electron chi connectivity index (χ1n) is 6.30. The van der Waals surface area contributed by atoms with Crippen LogP contribution >= 0.6 is 0 Å². The molecule has 2 rings (SSSR count). The normalized spacial score (nSPS) is 38.4. The van der Waals surface area contributed by atoms with E-state index in [1.165, 1.54) is 38.5 Å². The minimum atomic E-state index is 0.302. The molecule has 2 aliphatic rings. The molecule has 82 valence electrons. The number of hydrogen-bond donors (Lipinski definition) is 1. The van der Waals surface area contributed by atoms with Gasteiger partial charge < -0.3 is 5.32 Å². The van der Waals surface area contributed by atoms with Crippen LogP contribution in [0.25, 0.3) is 0 Å². The van der Waals surface area contributed by atoms with Crippen LogP contribution in [0.4, 0.5) is 0 Å². The van der Waals surface area contributed by atoms with Crippen LogP contribution in [0.15, 0.2) is 0 Å². The van der Waals surface area contributed by atoms with Crippen molar-refractivity contribution < 1.29 is 0 Å². The molecular formula is C13H25N. The molecule has 0 aromatic heterocycles. The van der Waals surface area contributed by atoms with Crippen LogP contribution in [0.3, 0.4) is 0 Å². The lowest BCUT2D eigenvalue weighted by Crippen LogP contribution is -2.47. The summed E-state index contributed by atoms with van der Waals surface area (Å²) in [6.45, 7) is 6.87. The Labute approximate surface area is 88.7 Å². The van der Waals surface area contributed by atoms with Gasteiger partial charge >= 0.3 is 0 Å². The standard InChI is InChI=1S/C13H25N/c1-13(2,3)14-12-8-10-5-4-6-11(7-10)9-12/h10-12,14H,4-9H2,1-3H3. The third-order valence-electron chi connectivity index (χ3n) is 3.76. The van der Waals surface area contributed by atoms with Crippen LogP contribution in [0.2, 0.25) is 0 Å². The van der Waals surface area contributed by atoms with Crippen molar-refractivity contribution >= 4 is 0 Å². The minimum absolute atomic E-state index is 0.302. The topological polar surface area (TPSA) is 12.0 Å². The predicted octanol–water partition coefficient (Wildman–Crippen LogP) is 3.34. The number of hydrogen-bond acceptors (Lipinski definition) is 1. The highest BCUT2D eigenvalue weighted by molar-refractivity contribution is 4.89. The number of fused-ring (bicyclic) bond motifs is 2. The van der Waals surface area contributed by atoms with Gasteiger partial charge in [0, 0.05) is 11.6 Å². The zero-order chi connectivity index (χ0) is 10.2. The Bertz CT molecular complexity index is 180. The summed E-state index contributed by atoms with van der Waals surface area (Å²) in [5.74, 6) is 2.09. The molecule has 2 fully saturated rings. The summed E-state index contributed by atoms with van der Waals surface area (Å²) in [7, 11) is 0. The quantitative estimate of drug-likeness (QED) is 0.676. The zero-order valence-corrected chi connectivity index (χ0v) is 9.97. The SMILES string of the molecule is CC(C)(C)NC1CC2CCCC(C2)C1. The third kappa shape index (κ3) is 2.73. The Morgan fingerprint density at radius 3 is 2.00 bits per heavy atom. The van der Waals surface area contributed by atoms with E-state index in [1.807, 2.05) is 0 Å². The van der Waals surface area contributed by atoms with Gasteiger partial charge in [-0.05, 0) is 51.9 Å². The van der Waals surface area contributed by atoms with Crippen molar-refractivity contribution in [1.29, 1.82) is 0 Å². The smallest absolute Gasteiger partial charge is 0.00991 e. The van der Waals surface area contributed by atoms with Crippen molar-refractivity contribution in [2.75, 3.05) is 0 Å². The maximum Gasteiger partial charge on any atom is 0.00991 e. The Hall–Kier alpha value is -0.0400. The van der Waals surface area contributed by atoms with E-state index in [2.05, 4.69) is 26.1 Å². The van der Waals surface area contributed by atoms with Crippen LogP contribution in [0.1, 0.15) is 59.3 Å². The second kappa shape index (κ2) is 3.84. The molecule has 2 unspecified atom stereocenters. The van der Waals surface area contributed by atoms with E-state index in [9.17, 15) is 0 Å². The highest BCUT2D eigenvalue weighted by Crippen LogP contribution is 2.40. The Morgan fingerprint density at radius 2 is 1.50 bits per heavy atom. The van der Waals surface area contributed by atoms with E-state index in [1.54, 1.807) is 0 Å². The molecule has 14 heavy (non-hydrogen) atoms. The molecule has 0 aliphatic heterocycles. The van der Waals surface area contributed by atoms with Crippen LogP contribution in [0, 0.1) is 11.8 Å². The van der Waals surface area contributed by atoms with Crippen LogP contribution in [-0.2, 0) is 0 Å². The van der Waals surface area contributed by atoms with Gasteiger partial charge in [-0.1, -0.05) is 19.3 Å². The predicted molar refractivity (Wildman–Crippen MR) is 61.4 cm³/mol. The fourth-order valence-corrected chi connectivity index (χ4v) is 3.46. The molecule has 1 N–H and O–H groups in total. The van der Waals surface area contributed by atoms with Crippen molar-refractivity contribution in [1.82, 2.24) is 5.32 Å². The van der Waals surface area contributed by atoms with Gasteiger partial charge in [0.2, 0.25) is 0 Å². The van der Waals surface area contributed by atoms with Gasteiger partial charge in [0.25, 0.3) is 0 Å². The summed E-state index contributed by atoms with van der Waals surface area (Å²) in [5.41, 5.74) is 0.302. The fraction of sp³-hybridized carbons (Fsp3) is 1.00. The average Bonchev–Trinajstić information content (AvgIpc) is 1.99. The van der Waals surface area contributed by atoms with Gasteiger partial charge in [-0.25, -0.2) is 0 Å². The highest BCUT2D eigenvalue weighted by Gasteiger charge is 2.32. The van der Waals surface area contributed by atoms with Crippen molar-refractivity contribution in [2.45, 2.75) is 70.9 Å². The molecule has 0 heterocycles. The van der Waals surface area contributed by atoms with Gasteiger partial charge in [-0.2, -0.15) is 0 Å². The van der Waals surface area contributed by atoms with E-state index < -0.39 is 0 Å². The molecule has 2 atom stereocenters. The molecule has 0 radical (unpaired) electrons. The second-order valence-corrected chi connectivity index (χ2v) is 6.46. The summed E-state index contributed by atoms with van der Waals surface area (Å²) in [6, 6.07) is 0.805. The Morgan fingerprint density at radius 1 is 0.929 bits per heavy atom. The number of rotatable bonds is 1. The van der Waals surface area contributed by atoms with Gasteiger partial charge in [0.1, 0.15) is 0 Å². The second-order valence-electron chi connectivity index (χ2n) is 6.46. The molecule has 0 spiro atoms. The van der Waals surface area contributed by atoms with Gasteiger partial charge in [-0.3, -0.25) is 0 Å². The lowest BCUT2D eigenvalue weighted by molar-refractivity contribution is 0.139. The highest BCUT2D eigenvalue weighted by atomic mass is 15.0. The first-order chi connectivity index (χ1) is 6.53. The lowest BCUT2D eigenvalue weighted by Gasteiger charge is -2.41. The van der Waals surface area contributed by atoms with E-state index in [0.717, 1.165) is 17.9 Å². The van der Waals surface area contributed by atoms with Gasteiger partial charge in [-0.15, -0.1) is 0 Å². The van der Waals surface area contributed by atoms with Crippen molar-refractivity contribution in [3.8, 4) is 0 Å². The summed E-state index contributed by atoms with van der Waals surface area (Å²) >= 11 is 0. The monoisotopic (exact) mass is 195 g/mol.